The van der Waals surface area contributed by atoms with E-state index in [1.165, 1.54) is 40.0 Å². The van der Waals surface area contributed by atoms with Gasteiger partial charge in [0.1, 0.15) is 4.83 Å². The molecule has 0 atom stereocenters. The maximum atomic E-state index is 13.5. The summed E-state index contributed by atoms with van der Waals surface area (Å²) < 4.78 is 1.69. The Hall–Kier alpha value is -3.14. The number of allylic oxidation sites excluding steroid dienone is 1. The predicted molar refractivity (Wildman–Crippen MR) is 137 cm³/mol. The number of benzene rings is 1. The molecule has 0 saturated heterocycles. The molecule has 0 bridgehead atoms. The molecule has 0 unspecified atom stereocenters. The second kappa shape index (κ2) is 9.38. The average Bonchev–Trinajstić information content (AvgIpc) is 3.48. The van der Waals surface area contributed by atoms with E-state index in [-0.39, 0.29) is 5.56 Å². The maximum absolute atomic E-state index is 13.5. The van der Waals surface area contributed by atoms with Gasteiger partial charge in [-0.15, -0.1) is 29.3 Å². The average molecular weight is 490 g/mol. The first-order valence-corrected chi connectivity index (χ1v) is 12.9. The normalized spacial score (nSPS) is 11.2. The van der Waals surface area contributed by atoms with Crippen molar-refractivity contribution < 1.29 is 0 Å². The second-order valence-corrected chi connectivity index (χ2v) is 9.96. The third-order valence-electron chi connectivity index (χ3n) is 4.99. The lowest BCUT2D eigenvalue weighted by molar-refractivity contribution is 0.673. The molecule has 0 saturated carbocycles. The van der Waals surface area contributed by atoms with Gasteiger partial charge < -0.3 is 0 Å². The number of fused-ring (bicyclic) bond motifs is 1. The molecule has 1 aromatic carbocycles. The molecule has 0 aliphatic rings. The van der Waals surface area contributed by atoms with E-state index in [1.807, 2.05) is 22.9 Å². The van der Waals surface area contributed by atoms with Gasteiger partial charge in [0.15, 0.2) is 16.0 Å². The van der Waals surface area contributed by atoms with Gasteiger partial charge in [0.25, 0.3) is 5.56 Å². The monoisotopic (exact) mass is 489 g/mol. The number of thioether (sulfide) groups is 1. The molecule has 6 nitrogen and oxygen atoms in total. The largest absolute Gasteiger partial charge is 0.283 e. The van der Waals surface area contributed by atoms with Crippen molar-refractivity contribution >= 4 is 44.7 Å². The van der Waals surface area contributed by atoms with Crippen LogP contribution < -0.4 is 5.56 Å². The minimum absolute atomic E-state index is 0.0455. The van der Waals surface area contributed by atoms with Crippen LogP contribution in [-0.4, -0.2) is 24.5 Å². The Bertz CT molecular complexity index is 1490. The molecule has 0 aliphatic heterocycles. The number of rotatable bonds is 7. The smallest absolute Gasteiger partial charge is 0.263 e. The van der Waals surface area contributed by atoms with Gasteiger partial charge in [0, 0.05) is 41.0 Å². The minimum Gasteiger partial charge on any atom is -0.283 e. The predicted octanol–water partition coefficient (Wildman–Crippen LogP) is 5.83. The van der Waals surface area contributed by atoms with Crippen LogP contribution in [0, 0.1) is 6.92 Å². The zero-order chi connectivity index (χ0) is 22.8. The Morgan fingerprint density at radius 3 is 2.64 bits per heavy atom. The first-order chi connectivity index (χ1) is 16.1. The third-order valence-corrected chi connectivity index (χ3v) is 7.76. The Kier molecular flexibility index (Phi) is 6.17. The molecule has 0 N–H and O–H groups in total. The summed E-state index contributed by atoms with van der Waals surface area (Å²) in [7, 11) is 0. The first kappa shape index (κ1) is 21.7. The van der Waals surface area contributed by atoms with Crippen molar-refractivity contribution in [2.45, 2.75) is 24.4 Å². The molecule has 0 fully saturated rings. The Labute approximate surface area is 202 Å². The van der Waals surface area contributed by atoms with E-state index >= 15 is 0 Å². The van der Waals surface area contributed by atoms with Crippen molar-refractivity contribution in [2.75, 3.05) is 0 Å². The fourth-order valence-electron chi connectivity index (χ4n) is 3.38. The molecule has 164 valence electrons. The number of hydrogen-bond acceptors (Lipinski definition) is 8. The molecule has 33 heavy (non-hydrogen) atoms. The summed E-state index contributed by atoms with van der Waals surface area (Å²) in [5.41, 5.74) is 3.99. The zero-order valence-electron chi connectivity index (χ0n) is 17.8. The zero-order valence-corrected chi connectivity index (χ0v) is 20.2. The number of hydrogen-bond donors (Lipinski definition) is 0. The van der Waals surface area contributed by atoms with Crippen molar-refractivity contribution in [2.24, 2.45) is 0 Å². The van der Waals surface area contributed by atoms with Crippen molar-refractivity contribution in [3.05, 3.63) is 87.8 Å². The summed E-state index contributed by atoms with van der Waals surface area (Å²) in [6, 6.07) is 9.99. The molecule has 4 aromatic heterocycles. The number of aryl methyl sites for hydroxylation is 1. The van der Waals surface area contributed by atoms with Gasteiger partial charge in [-0.1, -0.05) is 47.7 Å². The van der Waals surface area contributed by atoms with Crippen LogP contribution >= 0.6 is 34.4 Å². The Morgan fingerprint density at radius 2 is 1.88 bits per heavy atom. The summed E-state index contributed by atoms with van der Waals surface area (Å²) in [6.45, 7) is 6.28. The van der Waals surface area contributed by atoms with Crippen LogP contribution in [0.4, 0.5) is 0 Å². The van der Waals surface area contributed by atoms with Crippen LogP contribution in [-0.2, 0) is 12.3 Å². The molecule has 0 spiro atoms. The van der Waals surface area contributed by atoms with Crippen LogP contribution in [0.15, 0.2) is 76.1 Å². The van der Waals surface area contributed by atoms with E-state index < -0.39 is 0 Å². The summed E-state index contributed by atoms with van der Waals surface area (Å²) in [5.74, 6) is 1.21. The molecule has 0 aliphatic carbocycles. The fourth-order valence-corrected chi connectivity index (χ4v) is 6.14. The topological polar surface area (TPSA) is 73.6 Å². The van der Waals surface area contributed by atoms with Crippen LogP contribution in [0.25, 0.3) is 32.2 Å². The maximum Gasteiger partial charge on any atom is 0.263 e. The fraction of sp³-hybridized carbons (Fsp3) is 0.125. The van der Waals surface area contributed by atoms with Gasteiger partial charge in [-0.05, 0) is 18.6 Å². The SMILES string of the molecule is C=CCn1c(SCc2csc(-c3ncccn3)n2)nc2scc(-c3ccc(C)cc3)c2c1=O. The lowest BCUT2D eigenvalue weighted by Crippen LogP contribution is -2.22. The summed E-state index contributed by atoms with van der Waals surface area (Å²) >= 11 is 4.50. The third kappa shape index (κ3) is 4.39. The van der Waals surface area contributed by atoms with Crippen LogP contribution in [0.3, 0.4) is 0 Å². The molecular weight excluding hydrogens is 470 g/mol. The number of nitrogens with zero attached hydrogens (tertiary/aromatic N) is 5. The lowest BCUT2D eigenvalue weighted by atomic mass is 10.1. The van der Waals surface area contributed by atoms with Gasteiger partial charge >= 0.3 is 0 Å². The standard InChI is InChI=1S/C24H19N5OS3/c1-3-11-29-23(30)19-18(16-7-5-15(2)6-8-16)14-32-21(19)28-24(29)33-13-17-12-31-22(27-17)20-25-9-4-10-26-20/h3-10,12,14H,1,11,13H2,2H3. The van der Waals surface area contributed by atoms with Gasteiger partial charge in [0.2, 0.25) is 0 Å². The van der Waals surface area contributed by atoms with E-state index in [4.69, 9.17) is 4.98 Å². The molecule has 4 heterocycles. The molecule has 5 rings (SSSR count). The lowest BCUT2D eigenvalue weighted by Gasteiger charge is -2.10. The van der Waals surface area contributed by atoms with E-state index in [1.54, 1.807) is 29.1 Å². The summed E-state index contributed by atoms with van der Waals surface area (Å²) in [6.07, 6.45) is 5.14. The van der Waals surface area contributed by atoms with Crippen molar-refractivity contribution in [1.82, 2.24) is 24.5 Å². The van der Waals surface area contributed by atoms with Crippen LogP contribution in [0.5, 0.6) is 0 Å². The van der Waals surface area contributed by atoms with E-state index in [9.17, 15) is 4.79 Å². The molecule has 5 aromatic rings. The van der Waals surface area contributed by atoms with E-state index in [0.717, 1.165) is 26.7 Å². The van der Waals surface area contributed by atoms with E-state index in [0.29, 0.717) is 28.7 Å². The molecule has 9 heteroatoms. The number of aromatic nitrogens is 5. The van der Waals surface area contributed by atoms with Crippen molar-refractivity contribution in [3.8, 4) is 22.0 Å². The highest BCUT2D eigenvalue weighted by Gasteiger charge is 2.17. The van der Waals surface area contributed by atoms with Crippen molar-refractivity contribution in [3.63, 3.8) is 0 Å². The summed E-state index contributed by atoms with van der Waals surface area (Å²) in [5, 5.41) is 6.11. The minimum atomic E-state index is -0.0455. The number of thiophene rings is 1. The second-order valence-electron chi connectivity index (χ2n) is 7.30. The van der Waals surface area contributed by atoms with Gasteiger partial charge in [-0.2, -0.15) is 0 Å². The van der Waals surface area contributed by atoms with Gasteiger partial charge in [0.05, 0.1) is 11.1 Å². The summed E-state index contributed by atoms with van der Waals surface area (Å²) in [4.78, 5) is 32.3. The Balaban J connectivity index is 1.48. The van der Waals surface area contributed by atoms with Crippen LogP contribution in [0.1, 0.15) is 11.3 Å². The quantitative estimate of drug-likeness (QED) is 0.163. The molecule has 0 radical (unpaired) electrons. The molecule has 0 amide bonds. The van der Waals surface area contributed by atoms with Crippen molar-refractivity contribution in [1.29, 1.82) is 0 Å². The van der Waals surface area contributed by atoms with E-state index in [2.05, 4.69) is 40.6 Å². The van der Waals surface area contributed by atoms with Gasteiger partial charge in [-0.3, -0.25) is 9.36 Å². The Morgan fingerprint density at radius 1 is 1.09 bits per heavy atom. The highest BCUT2D eigenvalue weighted by Crippen LogP contribution is 2.33. The van der Waals surface area contributed by atoms with Crippen LogP contribution in [0.2, 0.25) is 0 Å². The highest BCUT2D eigenvalue weighted by molar-refractivity contribution is 7.98. The van der Waals surface area contributed by atoms with Gasteiger partial charge in [-0.25, -0.2) is 19.9 Å². The number of thiazole rings is 1. The highest BCUT2D eigenvalue weighted by atomic mass is 32.2. The first-order valence-electron chi connectivity index (χ1n) is 10.2. The molecular formula is C24H19N5OS3.